The Morgan fingerprint density at radius 2 is 1.64 bits per heavy atom. The fourth-order valence-electron chi connectivity index (χ4n) is 4.00. The molecule has 3 N–H and O–H groups in total. The van der Waals surface area contributed by atoms with E-state index in [1.54, 1.807) is 110 Å². The molecule has 3 aromatic carbocycles. The molecule has 0 aliphatic heterocycles. The Morgan fingerprint density at radius 1 is 0.867 bits per heavy atom. The lowest BCUT2D eigenvalue weighted by molar-refractivity contribution is -0.115. The van der Waals surface area contributed by atoms with E-state index in [2.05, 4.69) is 20.9 Å². The van der Waals surface area contributed by atoms with Crippen molar-refractivity contribution in [3.05, 3.63) is 126 Å². The molecule has 0 bridgehead atoms. The smallest absolute Gasteiger partial charge is 0.338 e. The van der Waals surface area contributed by atoms with E-state index in [9.17, 15) is 19.2 Å². The van der Waals surface area contributed by atoms with Crippen molar-refractivity contribution in [2.45, 2.75) is 36.8 Å². The summed E-state index contributed by atoms with van der Waals surface area (Å²) in [5.41, 5.74) is 2.57. The molecule has 1 aromatic heterocycles. The number of aromatic nitrogens is 1. The van der Waals surface area contributed by atoms with Crippen LogP contribution in [0.15, 0.2) is 114 Å². The maximum atomic E-state index is 13.3. The molecule has 1 unspecified atom stereocenters. The number of thioether (sulfide) groups is 1. The minimum atomic E-state index is -0.520. The third-order valence-corrected chi connectivity index (χ3v) is 7.51. The number of carbonyl (C=O) groups is 4. The summed E-state index contributed by atoms with van der Waals surface area (Å²) in [6.07, 6.45) is 6.50. The Labute approximate surface area is 266 Å². The minimum absolute atomic E-state index is 0.0443. The third-order valence-electron chi connectivity index (χ3n) is 6.42. The van der Waals surface area contributed by atoms with Crippen LogP contribution < -0.4 is 16.0 Å². The number of nitrogens with one attached hydrogen (secondary N) is 3. The van der Waals surface area contributed by atoms with Gasteiger partial charge in [-0.25, -0.2) is 4.79 Å². The molecular formula is C35H34N4O5S. The van der Waals surface area contributed by atoms with Gasteiger partial charge in [0.05, 0.1) is 17.4 Å². The number of unbranched alkanes of at least 4 members (excludes halogenated alkanes) is 1. The zero-order chi connectivity index (χ0) is 32.0. The lowest BCUT2D eigenvalue weighted by Crippen LogP contribution is -2.30. The normalized spacial score (nSPS) is 11.6. The van der Waals surface area contributed by atoms with Gasteiger partial charge in [-0.05, 0) is 85.6 Å². The van der Waals surface area contributed by atoms with E-state index in [4.69, 9.17) is 4.74 Å². The number of nitrogens with zero attached hydrogens (tertiary/aromatic N) is 1. The number of ether oxygens (including phenoxy) is 1. The number of anilines is 2. The van der Waals surface area contributed by atoms with E-state index in [0.29, 0.717) is 34.7 Å². The fourth-order valence-corrected chi connectivity index (χ4v) is 4.93. The second-order valence-electron chi connectivity index (χ2n) is 9.96. The first-order valence-corrected chi connectivity index (χ1v) is 15.3. The van der Waals surface area contributed by atoms with Gasteiger partial charge < -0.3 is 20.7 Å². The molecule has 0 radical (unpaired) electrons. The van der Waals surface area contributed by atoms with Crippen LogP contribution in [0.25, 0.3) is 6.08 Å². The molecule has 9 nitrogen and oxygen atoms in total. The first-order valence-electron chi connectivity index (χ1n) is 14.5. The summed E-state index contributed by atoms with van der Waals surface area (Å²) in [6.45, 7) is 4.18. The molecule has 3 amide bonds. The van der Waals surface area contributed by atoms with Crippen LogP contribution in [0.3, 0.4) is 0 Å². The van der Waals surface area contributed by atoms with Gasteiger partial charge in [-0.15, -0.1) is 11.8 Å². The van der Waals surface area contributed by atoms with Gasteiger partial charge in [0.25, 0.3) is 11.8 Å². The number of pyridine rings is 1. The Morgan fingerprint density at radius 3 is 2.36 bits per heavy atom. The van der Waals surface area contributed by atoms with Crippen LogP contribution in [0.4, 0.5) is 11.4 Å². The van der Waals surface area contributed by atoms with Crippen molar-refractivity contribution in [1.82, 2.24) is 10.3 Å². The Balaban J connectivity index is 1.38. The van der Waals surface area contributed by atoms with Gasteiger partial charge in [-0.2, -0.15) is 0 Å². The number of esters is 1. The molecule has 1 heterocycles. The molecule has 45 heavy (non-hydrogen) atoms. The van der Waals surface area contributed by atoms with Crippen LogP contribution in [0.2, 0.25) is 0 Å². The Bertz CT molecular complexity index is 1640. The molecule has 0 aliphatic rings. The predicted molar refractivity (Wildman–Crippen MR) is 177 cm³/mol. The van der Waals surface area contributed by atoms with Crippen LogP contribution >= 0.6 is 11.8 Å². The van der Waals surface area contributed by atoms with Gasteiger partial charge in [0.1, 0.15) is 5.70 Å². The maximum Gasteiger partial charge on any atom is 0.338 e. The largest absolute Gasteiger partial charge is 0.462 e. The maximum absolute atomic E-state index is 13.3. The van der Waals surface area contributed by atoms with Gasteiger partial charge in [-0.1, -0.05) is 43.7 Å². The van der Waals surface area contributed by atoms with Crippen molar-refractivity contribution in [2.24, 2.45) is 0 Å². The fraction of sp³-hybridized carbons (Fsp3) is 0.171. The van der Waals surface area contributed by atoms with Gasteiger partial charge in [0, 0.05) is 34.2 Å². The highest BCUT2D eigenvalue weighted by atomic mass is 32.2. The highest BCUT2D eigenvalue weighted by molar-refractivity contribution is 8.00. The third kappa shape index (κ3) is 10.2. The van der Waals surface area contributed by atoms with Crippen molar-refractivity contribution >= 4 is 52.9 Å². The van der Waals surface area contributed by atoms with Crippen LogP contribution in [-0.4, -0.2) is 40.5 Å². The summed E-state index contributed by atoms with van der Waals surface area (Å²) in [7, 11) is 0. The van der Waals surface area contributed by atoms with E-state index in [-0.39, 0.29) is 11.6 Å². The van der Waals surface area contributed by atoms with Crippen molar-refractivity contribution in [3.8, 4) is 0 Å². The summed E-state index contributed by atoms with van der Waals surface area (Å²) in [4.78, 5) is 56.1. The van der Waals surface area contributed by atoms with Gasteiger partial charge in [0.2, 0.25) is 5.91 Å². The molecule has 0 fully saturated rings. The zero-order valence-electron chi connectivity index (χ0n) is 25.0. The van der Waals surface area contributed by atoms with Crippen LogP contribution in [0.5, 0.6) is 0 Å². The summed E-state index contributed by atoms with van der Waals surface area (Å²) in [5, 5.41) is 7.94. The molecule has 230 valence electrons. The van der Waals surface area contributed by atoms with E-state index in [0.717, 1.165) is 17.7 Å². The Hall–Kier alpha value is -5.22. The molecule has 0 saturated heterocycles. The molecule has 10 heteroatoms. The number of carbonyl (C=O) groups excluding carboxylic acids is 4. The van der Waals surface area contributed by atoms with Crippen molar-refractivity contribution < 1.29 is 23.9 Å². The monoisotopic (exact) mass is 622 g/mol. The predicted octanol–water partition coefficient (Wildman–Crippen LogP) is 6.57. The lowest BCUT2D eigenvalue weighted by Gasteiger charge is -2.14. The molecule has 0 saturated carbocycles. The quantitative estimate of drug-likeness (QED) is 0.0667. The second-order valence-corrected chi connectivity index (χ2v) is 11.4. The zero-order valence-corrected chi connectivity index (χ0v) is 25.8. The van der Waals surface area contributed by atoms with Gasteiger partial charge >= 0.3 is 5.97 Å². The summed E-state index contributed by atoms with van der Waals surface area (Å²) < 4.78 is 5.22. The molecule has 1 atom stereocenters. The number of amides is 3. The van der Waals surface area contributed by atoms with Crippen molar-refractivity contribution in [1.29, 1.82) is 0 Å². The van der Waals surface area contributed by atoms with E-state index in [1.807, 2.05) is 13.0 Å². The summed E-state index contributed by atoms with van der Waals surface area (Å²) in [6, 6.07) is 25.8. The number of rotatable bonds is 13. The van der Waals surface area contributed by atoms with E-state index in [1.165, 1.54) is 11.8 Å². The lowest BCUT2D eigenvalue weighted by atomic mass is 10.2. The topological polar surface area (TPSA) is 126 Å². The summed E-state index contributed by atoms with van der Waals surface area (Å²) in [5.74, 6) is -1.56. The average Bonchev–Trinajstić information content (AvgIpc) is 3.05. The number of hydrogen-bond acceptors (Lipinski definition) is 7. The first kappa shape index (κ1) is 32.7. The molecule has 4 aromatic rings. The van der Waals surface area contributed by atoms with Crippen molar-refractivity contribution in [3.63, 3.8) is 0 Å². The molecular weight excluding hydrogens is 588 g/mol. The van der Waals surface area contributed by atoms with Crippen LogP contribution in [0.1, 0.15) is 53.0 Å². The minimum Gasteiger partial charge on any atom is -0.462 e. The molecule has 4 rings (SSSR count). The van der Waals surface area contributed by atoms with Crippen LogP contribution in [0, 0.1) is 0 Å². The second kappa shape index (κ2) is 16.6. The highest BCUT2D eigenvalue weighted by Crippen LogP contribution is 2.27. The first-order chi connectivity index (χ1) is 21.8. The summed E-state index contributed by atoms with van der Waals surface area (Å²) >= 11 is 1.32. The van der Waals surface area contributed by atoms with Crippen LogP contribution in [-0.2, 0) is 14.3 Å². The van der Waals surface area contributed by atoms with Gasteiger partial charge in [-0.3, -0.25) is 19.4 Å². The van der Waals surface area contributed by atoms with Gasteiger partial charge in [0.15, 0.2) is 0 Å². The molecule has 0 aliphatic carbocycles. The van der Waals surface area contributed by atoms with E-state index < -0.39 is 23.0 Å². The molecule has 0 spiro atoms. The number of benzene rings is 3. The SMILES string of the molecule is CCCCOC(=O)c1ccc(NC(=O)C(C)Sc2cccc(NC(=O)/C(=C/c3cccnc3)NC(=O)c3ccccc3)c2)cc1. The highest BCUT2D eigenvalue weighted by Gasteiger charge is 2.18. The average molecular weight is 623 g/mol. The van der Waals surface area contributed by atoms with E-state index >= 15 is 0 Å². The standard InChI is InChI=1S/C35H34N4O5S/c1-3-4-20-44-35(43)27-15-17-28(18-16-27)37-32(40)24(2)45-30-14-8-13-29(22-30)38-34(42)31(21-25-10-9-19-36-23-25)39-33(41)26-11-6-5-7-12-26/h5-19,21-24H,3-4,20H2,1-2H3,(H,37,40)(H,38,42)(H,39,41)/b31-21-. The Kier molecular flexibility index (Phi) is 12.0. The number of hydrogen-bond donors (Lipinski definition) is 3. The van der Waals surface area contributed by atoms with Crippen molar-refractivity contribution in [2.75, 3.05) is 17.2 Å².